The minimum Gasteiger partial charge on any atom is -0.356 e. The van der Waals surface area contributed by atoms with E-state index in [4.69, 9.17) is 0 Å². The maximum atomic E-state index is 2.64. The summed E-state index contributed by atoms with van der Waals surface area (Å²) in [6.45, 7) is 9.38. The predicted octanol–water partition coefficient (Wildman–Crippen LogP) is 10.4. The molecule has 0 radical (unpaired) electrons. The monoisotopic (exact) mass is 462 g/mol. The fraction of sp³-hybridized carbons (Fsp3) is 0.935. The van der Waals surface area contributed by atoms with E-state index in [9.17, 15) is 0 Å². The highest BCUT2D eigenvalue weighted by Gasteiger charge is 2.24. The molecule has 2 heteroatoms. The normalized spacial score (nSPS) is 15.8. The molecule has 1 rings (SSSR count). The number of unbranched alkanes of at least 4 members (excludes halogenated alkanes) is 19. The van der Waals surface area contributed by atoms with Crippen LogP contribution in [0.5, 0.6) is 0 Å². The molecule has 196 valence electrons. The van der Waals surface area contributed by atoms with Gasteiger partial charge >= 0.3 is 0 Å². The summed E-state index contributed by atoms with van der Waals surface area (Å²) in [4.78, 5) is 5.24. The van der Waals surface area contributed by atoms with Gasteiger partial charge in [-0.2, -0.15) is 0 Å². The van der Waals surface area contributed by atoms with Crippen LogP contribution in [0.4, 0.5) is 0 Å². The SMILES string of the molecule is CCCCCCCCCCCCCCCCCCCC1N(CCC)C=CN1CCCCCC. The molecule has 1 unspecified atom stereocenters. The van der Waals surface area contributed by atoms with Crippen molar-refractivity contribution in [1.82, 2.24) is 9.80 Å². The van der Waals surface area contributed by atoms with E-state index >= 15 is 0 Å². The molecule has 0 aromatic rings. The summed E-state index contributed by atoms with van der Waals surface area (Å²) >= 11 is 0. The van der Waals surface area contributed by atoms with Gasteiger partial charge in [0.15, 0.2) is 0 Å². The molecule has 0 spiro atoms. The number of nitrogens with zero attached hydrogens (tertiary/aromatic N) is 2. The van der Waals surface area contributed by atoms with Crippen LogP contribution in [-0.4, -0.2) is 29.1 Å². The zero-order valence-electron chi connectivity index (χ0n) is 23.3. The molecule has 0 N–H and O–H groups in total. The molecule has 1 heterocycles. The van der Waals surface area contributed by atoms with Crippen molar-refractivity contribution in [1.29, 1.82) is 0 Å². The third-order valence-corrected chi connectivity index (χ3v) is 7.53. The van der Waals surface area contributed by atoms with Crippen molar-refractivity contribution >= 4 is 0 Å². The topological polar surface area (TPSA) is 6.48 Å². The lowest BCUT2D eigenvalue weighted by atomic mass is 10.0. The maximum absolute atomic E-state index is 2.64. The number of hydrogen-bond acceptors (Lipinski definition) is 2. The molecule has 0 saturated heterocycles. The molecule has 0 aromatic carbocycles. The Morgan fingerprint density at radius 1 is 0.394 bits per heavy atom. The summed E-state index contributed by atoms with van der Waals surface area (Å²) in [6.07, 6.45) is 38.2. The first kappa shape index (κ1) is 30.4. The number of hydrogen-bond donors (Lipinski definition) is 0. The first-order chi connectivity index (χ1) is 16.3. The van der Waals surface area contributed by atoms with Crippen LogP contribution in [0.2, 0.25) is 0 Å². The van der Waals surface area contributed by atoms with Gasteiger partial charge in [-0.3, -0.25) is 0 Å². The van der Waals surface area contributed by atoms with Gasteiger partial charge in [0.05, 0.1) is 0 Å². The molecule has 1 aliphatic rings. The molecule has 1 aliphatic heterocycles. The highest BCUT2D eigenvalue weighted by molar-refractivity contribution is 4.96. The van der Waals surface area contributed by atoms with Crippen molar-refractivity contribution in [3.63, 3.8) is 0 Å². The van der Waals surface area contributed by atoms with Gasteiger partial charge in [-0.15, -0.1) is 0 Å². The van der Waals surface area contributed by atoms with Gasteiger partial charge < -0.3 is 9.80 Å². The zero-order valence-corrected chi connectivity index (χ0v) is 23.3. The minimum atomic E-state index is 0.642. The lowest BCUT2D eigenvalue weighted by Crippen LogP contribution is -2.39. The van der Waals surface area contributed by atoms with Gasteiger partial charge in [-0.1, -0.05) is 143 Å². The zero-order chi connectivity index (χ0) is 23.8. The van der Waals surface area contributed by atoms with Crippen molar-refractivity contribution in [3.8, 4) is 0 Å². The predicted molar refractivity (Wildman–Crippen MR) is 150 cm³/mol. The van der Waals surface area contributed by atoms with E-state index in [0.717, 1.165) is 0 Å². The van der Waals surface area contributed by atoms with Gasteiger partial charge in [0, 0.05) is 25.5 Å². The van der Waals surface area contributed by atoms with Gasteiger partial charge in [0.1, 0.15) is 6.17 Å². The molecule has 1 atom stereocenters. The quantitative estimate of drug-likeness (QED) is 0.124. The minimum absolute atomic E-state index is 0.642. The summed E-state index contributed by atoms with van der Waals surface area (Å²) in [5.74, 6) is 0. The Labute approximate surface area is 210 Å². The van der Waals surface area contributed by atoms with E-state index in [0.29, 0.717) is 6.17 Å². The standard InChI is InChI=1S/C31H62N2/c1-4-7-9-11-12-13-14-15-16-17-18-19-20-21-22-23-24-26-31-32(27-6-3)29-30-33(31)28-25-10-8-5-2/h29-31H,4-28H2,1-3H3. The van der Waals surface area contributed by atoms with Crippen LogP contribution in [0.3, 0.4) is 0 Å². The molecular formula is C31H62N2. The average Bonchev–Trinajstić information content (AvgIpc) is 3.20. The molecule has 0 aromatic heterocycles. The van der Waals surface area contributed by atoms with Crippen LogP contribution in [0.15, 0.2) is 12.4 Å². The molecule has 0 fully saturated rings. The fourth-order valence-electron chi connectivity index (χ4n) is 5.37. The molecule has 0 bridgehead atoms. The molecule has 0 aliphatic carbocycles. The van der Waals surface area contributed by atoms with E-state index in [2.05, 4.69) is 43.0 Å². The van der Waals surface area contributed by atoms with Gasteiger partial charge in [0.25, 0.3) is 0 Å². The van der Waals surface area contributed by atoms with Crippen molar-refractivity contribution in [2.45, 2.75) is 175 Å². The van der Waals surface area contributed by atoms with E-state index in [1.54, 1.807) is 0 Å². The molecule has 33 heavy (non-hydrogen) atoms. The van der Waals surface area contributed by atoms with Crippen molar-refractivity contribution in [3.05, 3.63) is 12.4 Å². The van der Waals surface area contributed by atoms with Crippen LogP contribution in [0, 0.1) is 0 Å². The summed E-state index contributed by atoms with van der Waals surface area (Å²) in [5, 5.41) is 0. The second kappa shape index (κ2) is 23.1. The second-order valence-corrected chi connectivity index (χ2v) is 10.8. The Morgan fingerprint density at radius 3 is 1.18 bits per heavy atom. The van der Waals surface area contributed by atoms with Crippen molar-refractivity contribution in [2.24, 2.45) is 0 Å². The van der Waals surface area contributed by atoms with E-state index in [1.807, 2.05) is 0 Å². The van der Waals surface area contributed by atoms with Crippen LogP contribution in [-0.2, 0) is 0 Å². The Morgan fingerprint density at radius 2 is 0.758 bits per heavy atom. The Kier molecular flexibility index (Phi) is 21.3. The molecular weight excluding hydrogens is 400 g/mol. The smallest absolute Gasteiger partial charge is 0.101 e. The lowest BCUT2D eigenvalue weighted by Gasteiger charge is -2.33. The van der Waals surface area contributed by atoms with Crippen molar-refractivity contribution < 1.29 is 0 Å². The lowest BCUT2D eigenvalue weighted by molar-refractivity contribution is 0.137. The molecule has 2 nitrogen and oxygen atoms in total. The second-order valence-electron chi connectivity index (χ2n) is 10.8. The van der Waals surface area contributed by atoms with Crippen LogP contribution >= 0.6 is 0 Å². The summed E-state index contributed by atoms with van der Waals surface area (Å²) in [7, 11) is 0. The first-order valence-corrected chi connectivity index (χ1v) is 15.5. The Bertz CT molecular complexity index is 419. The third-order valence-electron chi connectivity index (χ3n) is 7.53. The van der Waals surface area contributed by atoms with Crippen LogP contribution in [0.1, 0.15) is 168 Å². The fourth-order valence-corrected chi connectivity index (χ4v) is 5.37. The van der Waals surface area contributed by atoms with E-state index in [-0.39, 0.29) is 0 Å². The average molecular weight is 463 g/mol. The molecule has 0 saturated carbocycles. The highest BCUT2D eigenvalue weighted by Crippen LogP contribution is 2.23. The Balaban J connectivity index is 1.93. The largest absolute Gasteiger partial charge is 0.356 e. The third kappa shape index (κ3) is 16.6. The van der Waals surface area contributed by atoms with Crippen LogP contribution in [0.25, 0.3) is 0 Å². The summed E-state index contributed by atoms with van der Waals surface area (Å²) in [6, 6.07) is 0. The van der Waals surface area contributed by atoms with Crippen LogP contribution < -0.4 is 0 Å². The van der Waals surface area contributed by atoms with E-state index in [1.165, 1.54) is 161 Å². The van der Waals surface area contributed by atoms with Gasteiger partial charge in [-0.25, -0.2) is 0 Å². The van der Waals surface area contributed by atoms with Crippen molar-refractivity contribution in [2.75, 3.05) is 13.1 Å². The summed E-state index contributed by atoms with van der Waals surface area (Å²) in [5.41, 5.74) is 0. The van der Waals surface area contributed by atoms with Gasteiger partial charge in [-0.05, 0) is 25.7 Å². The number of rotatable bonds is 25. The highest BCUT2D eigenvalue weighted by atomic mass is 15.4. The maximum Gasteiger partial charge on any atom is 0.101 e. The van der Waals surface area contributed by atoms with E-state index < -0.39 is 0 Å². The summed E-state index contributed by atoms with van der Waals surface area (Å²) < 4.78 is 0. The molecule has 0 amide bonds. The first-order valence-electron chi connectivity index (χ1n) is 15.5. The van der Waals surface area contributed by atoms with Gasteiger partial charge in [0.2, 0.25) is 0 Å². The Hall–Kier alpha value is -0.660.